The summed E-state index contributed by atoms with van der Waals surface area (Å²) in [4.78, 5) is 4.40. The predicted molar refractivity (Wildman–Crippen MR) is 59.9 cm³/mol. The van der Waals surface area contributed by atoms with E-state index in [0.717, 1.165) is 12.1 Å². The lowest BCUT2D eigenvalue weighted by Crippen LogP contribution is -2.24. The first kappa shape index (κ1) is 8.92. The van der Waals surface area contributed by atoms with Crippen LogP contribution in [-0.2, 0) is 6.42 Å². The van der Waals surface area contributed by atoms with E-state index in [-0.39, 0.29) is 0 Å². The minimum Gasteiger partial charge on any atom is -0.314 e. The Bertz CT molecular complexity index is 455. The van der Waals surface area contributed by atoms with Gasteiger partial charge in [-0.25, -0.2) is 4.98 Å². The second kappa shape index (κ2) is 3.66. The van der Waals surface area contributed by atoms with Crippen molar-refractivity contribution in [2.75, 3.05) is 6.54 Å². The van der Waals surface area contributed by atoms with E-state index in [0.29, 0.717) is 6.04 Å². The number of nitrogens with one attached hydrogen (secondary N) is 1. The van der Waals surface area contributed by atoms with Crippen molar-refractivity contribution < 1.29 is 0 Å². The van der Waals surface area contributed by atoms with E-state index in [1.807, 2.05) is 18.3 Å². The zero-order valence-electron chi connectivity index (χ0n) is 8.69. The summed E-state index contributed by atoms with van der Waals surface area (Å²) in [5.74, 6) is 0. The standard InChI is InChI=1S/C12H15N3/c1-2-7-15-11(9-14-12(15)5-1)8-10-4-3-6-13-10/h1-2,5,7,9-10,13H,3-4,6,8H2. The molecule has 1 aliphatic rings. The summed E-state index contributed by atoms with van der Waals surface area (Å²) >= 11 is 0. The van der Waals surface area contributed by atoms with Crippen molar-refractivity contribution in [1.29, 1.82) is 0 Å². The Labute approximate surface area is 89.1 Å². The van der Waals surface area contributed by atoms with Gasteiger partial charge < -0.3 is 9.72 Å². The molecule has 3 nitrogen and oxygen atoms in total. The van der Waals surface area contributed by atoms with Gasteiger partial charge in [0.25, 0.3) is 0 Å². The number of imidazole rings is 1. The number of fused-ring (bicyclic) bond motifs is 1. The SMILES string of the molecule is c1ccn2c(CC3CCCN3)cnc2c1. The van der Waals surface area contributed by atoms with E-state index in [2.05, 4.69) is 27.0 Å². The molecule has 0 spiro atoms. The predicted octanol–water partition coefficient (Wildman–Crippen LogP) is 1.63. The van der Waals surface area contributed by atoms with Crippen LogP contribution in [0.4, 0.5) is 0 Å². The minimum absolute atomic E-state index is 0.644. The van der Waals surface area contributed by atoms with Crippen LogP contribution in [0.1, 0.15) is 18.5 Å². The molecule has 1 saturated heterocycles. The van der Waals surface area contributed by atoms with Crippen LogP contribution in [0, 0.1) is 0 Å². The summed E-state index contributed by atoms with van der Waals surface area (Å²) in [5, 5.41) is 3.52. The van der Waals surface area contributed by atoms with Crippen LogP contribution >= 0.6 is 0 Å². The first-order valence-corrected chi connectivity index (χ1v) is 5.58. The molecule has 1 unspecified atom stereocenters. The molecule has 3 rings (SSSR count). The summed E-state index contributed by atoms with van der Waals surface area (Å²) in [6.45, 7) is 1.17. The Morgan fingerprint density at radius 2 is 2.47 bits per heavy atom. The molecule has 1 aliphatic heterocycles. The van der Waals surface area contributed by atoms with Gasteiger partial charge in [0.05, 0.1) is 0 Å². The molecular formula is C12H15N3. The normalized spacial score (nSPS) is 21.2. The molecule has 1 atom stereocenters. The molecule has 3 heterocycles. The van der Waals surface area contributed by atoms with Gasteiger partial charge in [0.1, 0.15) is 5.65 Å². The van der Waals surface area contributed by atoms with Gasteiger partial charge in [-0.3, -0.25) is 0 Å². The van der Waals surface area contributed by atoms with Crippen LogP contribution < -0.4 is 5.32 Å². The van der Waals surface area contributed by atoms with Crippen LogP contribution in [0.2, 0.25) is 0 Å². The Morgan fingerprint density at radius 3 is 3.33 bits per heavy atom. The van der Waals surface area contributed by atoms with Gasteiger partial charge in [0.2, 0.25) is 0 Å². The zero-order valence-corrected chi connectivity index (χ0v) is 8.69. The van der Waals surface area contributed by atoms with E-state index in [4.69, 9.17) is 0 Å². The van der Waals surface area contributed by atoms with E-state index < -0.39 is 0 Å². The summed E-state index contributed by atoms with van der Waals surface area (Å²) in [6, 6.07) is 6.77. The summed E-state index contributed by atoms with van der Waals surface area (Å²) in [6.07, 6.45) is 7.77. The molecule has 2 aromatic heterocycles. The number of nitrogens with zero attached hydrogens (tertiary/aromatic N) is 2. The highest BCUT2D eigenvalue weighted by molar-refractivity contribution is 5.39. The van der Waals surface area contributed by atoms with Crippen molar-refractivity contribution in [1.82, 2.24) is 14.7 Å². The maximum atomic E-state index is 4.40. The third-order valence-electron chi connectivity index (χ3n) is 3.11. The molecule has 1 fully saturated rings. The minimum atomic E-state index is 0.644. The van der Waals surface area contributed by atoms with Gasteiger partial charge in [-0.15, -0.1) is 0 Å². The Morgan fingerprint density at radius 1 is 1.47 bits per heavy atom. The van der Waals surface area contributed by atoms with Gasteiger partial charge in [-0.1, -0.05) is 6.07 Å². The number of pyridine rings is 1. The second-order valence-electron chi connectivity index (χ2n) is 4.18. The first-order valence-electron chi connectivity index (χ1n) is 5.58. The highest BCUT2D eigenvalue weighted by Crippen LogP contribution is 2.13. The molecule has 3 heteroatoms. The van der Waals surface area contributed by atoms with Gasteiger partial charge in [0.15, 0.2) is 0 Å². The van der Waals surface area contributed by atoms with Gasteiger partial charge >= 0.3 is 0 Å². The lowest BCUT2D eigenvalue weighted by atomic mass is 10.1. The molecular weight excluding hydrogens is 186 g/mol. The second-order valence-corrected chi connectivity index (χ2v) is 4.18. The lowest BCUT2D eigenvalue weighted by molar-refractivity contribution is 0.593. The largest absolute Gasteiger partial charge is 0.314 e. The number of hydrogen-bond donors (Lipinski definition) is 1. The van der Waals surface area contributed by atoms with Crippen LogP contribution in [0.25, 0.3) is 5.65 Å². The zero-order chi connectivity index (χ0) is 10.1. The quantitative estimate of drug-likeness (QED) is 0.800. The third kappa shape index (κ3) is 1.63. The average Bonchev–Trinajstić information content (AvgIpc) is 2.89. The molecule has 0 saturated carbocycles. The molecule has 15 heavy (non-hydrogen) atoms. The Hall–Kier alpha value is -1.35. The van der Waals surface area contributed by atoms with Crippen LogP contribution in [-0.4, -0.2) is 22.0 Å². The van der Waals surface area contributed by atoms with E-state index in [1.165, 1.54) is 25.1 Å². The molecule has 0 bridgehead atoms. The van der Waals surface area contributed by atoms with Crippen LogP contribution in [0.5, 0.6) is 0 Å². The van der Waals surface area contributed by atoms with Gasteiger partial charge in [-0.2, -0.15) is 0 Å². The highest BCUT2D eigenvalue weighted by Gasteiger charge is 2.16. The smallest absolute Gasteiger partial charge is 0.136 e. The third-order valence-corrected chi connectivity index (χ3v) is 3.11. The van der Waals surface area contributed by atoms with E-state index >= 15 is 0 Å². The van der Waals surface area contributed by atoms with Crippen LogP contribution in [0.15, 0.2) is 30.6 Å². The highest BCUT2D eigenvalue weighted by atomic mass is 15.0. The molecule has 78 valence electrons. The molecule has 0 amide bonds. The summed E-state index contributed by atoms with van der Waals surface area (Å²) in [5.41, 5.74) is 2.36. The fraction of sp³-hybridized carbons (Fsp3) is 0.417. The summed E-state index contributed by atoms with van der Waals surface area (Å²) < 4.78 is 2.18. The van der Waals surface area contributed by atoms with Crippen molar-refractivity contribution in [2.24, 2.45) is 0 Å². The maximum Gasteiger partial charge on any atom is 0.136 e. The molecule has 0 aliphatic carbocycles. The van der Waals surface area contributed by atoms with Crippen molar-refractivity contribution in [3.8, 4) is 0 Å². The first-order chi connectivity index (χ1) is 7.43. The number of aromatic nitrogens is 2. The molecule has 0 radical (unpaired) electrons. The maximum absolute atomic E-state index is 4.40. The molecule has 2 aromatic rings. The van der Waals surface area contributed by atoms with E-state index in [1.54, 1.807) is 0 Å². The Balaban J connectivity index is 1.90. The molecule has 0 aromatic carbocycles. The number of rotatable bonds is 2. The van der Waals surface area contributed by atoms with Crippen molar-refractivity contribution >= 4 is 5.65 Å². The Kier molecular flexibility index (Phi) is 2.18. The topological polar surface area (TPSA) is 29.3 Å². The summed E-state index contributed by atoms with van der Waals surface area (Å²) in [7, 11) is 0. The van der Waals surface area contributed by atoms with E-state index in [9.17, 15) is 0 Å². The van der Waals surface area contributed by atoms with Gasteiger partial charge in [0, 0.05) is 30.6 Å². The average molecular weight is 201 g/mol. The lowest BCUT2D eigenvalue weighted by Gasteiger charge is -2.09. The fourth-order valence-electron chi connectivity index (χ4n) is 2.32. The van der Waals surface area contributed by atoms with Crippen molar-refractivity contribution in [3.63, 3.8) is 0 Å². The van der Waals surface area contributed by atoms with Crippen LogP contribution in [0.3, 0.4) is 0 Å². The van der Waals surface area contributed by atoms with Crippen molar-refractivity contribution in [2.45, 2.75) is 25.3 Å². The fourth-order valence-corrected chi connectivity index (χ4v) is 2.32. The monoisotopic (exact) mass is 201 g/mol. The molecule has 1 N–H and O–H groups in total. The number of hydrogen-bond acceptors (Lipinski definition) is 2. The van der Waals surface area contributed by atoms with Gasteiger partial charge in [-0.05, 0) is 31.5 Å². The van der Waals surface area contributed by atoms with Crippen molar-refractivity contribution in [3.05, 3.63) is 36.3 Å².